The number of aromatic nitrogens is 2. The third kappa shape index (κ3) is 1.52. The molecule has 0 spiro atoms. The summed E-state index contributed by atoms with van der Waals surface area (Å²) in [7, 11) is 0. The fourth-order valence-corrected chi connectivity index (χ4v) is 0.522. The zero-order chi connectivity index (χ0) is 7.40. The first-order valence-electron chi connectivity index (χ1n) is 2.73. The molecule has 0 radical (unpaired) electrons. The van der Waals surface area contributed by atoms with Gasteiger partial charge in [-0.2, -0.15) is 0 Å². The number of nitrogens with zero attached hydrogens (tertiary/aromatic N) is 2. The molecule has 0 unspecified atom stereocenters. The van der Waals surface area contributed by atoms with Crippen molar-refractivity contribution in [3.05, 3.63) is 24.0 Å². The Kier molecular flexibility index (Phi) is 1.96. The van der Waals surface area contributed by atoms with Crippen LogP contribution in [0.15, 0.2) is 12.4 Å². The van der Waals surface area contributed by atoms with Crippen molar-refractivity contribution in [3.63, 3.8) is 0 Å². The minimum absolute atomic E-state index is 0.347. The van der Waals surface area contributed by atoms with E-state index in [1.165, 1.54) is 0 Å². The Balaban J connectivity index is 2.81. The van der Waals surface area contributed by atoms with Crippen molar-refractivity contribution in [2.75, 3.05) is 0 Å². The van der Waals surface area contributed by atoms with Gasteiger partial charge in [-0.15, -0.1) is 6.42 Å². The Bertz CT molecular complexity index is 247. The van der Waals surface area contributed by atoms with Gasteiger partial charge >= 0.3 is 0 Å². The van der Waals surface area contributed by atoms with E-state index in [0.717, 1.165) is 12.4 Å². The second kappa shape index (κ2) is 2.92. The van der Waals surface area contributed by atoms with Gasteiger partial charge in [-0.3, -0.25) is 0 Å². The van der Waals surface area contributed by atoms with Gasteiger partial charge in [-0.25, -0.2) is 14.4 Å². The Morgan fingerprint density at radius 3 is 2.60 bits per heavy atom. The zero-order valence-corrected chi connectivity index (χ0v) is 5.21. The summed E-state index contributed by atoms with van der Waals surface area (Å²) in [5.74, 6) is 2.39. The van der Waals surface area contributed by atoms with E-state index in [9.17, 15) is 4.39 Å². The topological polar surface area (TPSA) is 25.8 Å². The third-order valence-corrected chi connectivity index (χ3v) is 0.934. The normalized spacial score (nSPS) is 8.80. The highest BCUT2D eigenvalue weighted by molar-refractivity contribution is 5.00. The average Bonchev–Trinajstić information content (AvgIpc) is 1.95. The van der Waals surface area contributed by atoms with Gasteiger partial charge in [0.25, 0.3) is 0 Å². The average molecular weight is 136 g/mol. The maximum atomic E-state index is 12.2. The molecule has 1 rings (SSSR count). The van der Waals surface area contributed by atoms with Crippen LogP contribution in [0.5, 0.6) is 0 Å². The molecule has 1 aromatic heterocycles. The minimum Gasteiger partial charge on any atom is -0.237 e. The highest BCUT2D eigenvalue weighted by atomic mass is 19.1. The van der Waals surface area contributed by atoms with E-state index in [0.29, 0.717) is 12.2 Å². The summed E-state index contributed by atoms with van der Waals surface area (Å²) in [5.41, 5.74) is 0. The molecular weight excluding hydrogens is 131 g/mol. The third-order valence-electron chi connectivity index (χ3n) is 0.934. The maximum Gasteiger partial charge on any atom is 0.159 e. The second-order valence-corrected chi connectivity index (χ2v) is 1.70. The van der Waals surface area contributed by atoms with Crippen LogP contribution in [-0.2, 0) is 6.42 Å². The van der Waals surface area contributed by atoms with Gasteiger partial charge in [0.1, 0.15) is 5.82 Å². The number of hydrogen-bond acceptors (Lipinski definition) is 2. The van der Waals surface area contributed by atoms with Crippen molar-refractivity contribution in [3.8, 4) is 12.3 Å². The molecule has 1 heterocycles. The molecule has 0 atom stereocenters. The highest BCUT2D eigenvalue weighted by Crippen LogP contribution is 1.92. The number of terminal acetylenes is 1. The lowest BCUT2D eigenvalue weighted by Crippen LogP contribution is -1.92. The van der Waals surface area contributed by atoms with Gasteiger partial charge in [0.2, 0.25) is 0 Å². The summed E-state index contributed by atoms with van der Waals surface area (Å²) < 4.78 is 12.2. The van der Waals surface area contributed by atoms with Crippen molar-refractivity contribution in [1.29, 1.82) is 0 Å². The molecule has 0 aliphatic rings. The van der Waals surface area contributed by atoms with E-state index in [4.69, 9.17) is 6.42 Å². The van der Waals surface area contributed by atoms with Gasteiger partial charge in [0.15, 0.2) is 5.82 Å². The first-order chi connectivity index (χ1) is 4.83. The largest absolute Gasteiger partial charge is 0.237 e. The lowest BCUT2D eigenvalue weighted by Gasteiger charge is -1.90. The molecule has 0 saturated heterocycles. The molecule has 50 valence electrons. The molecule has 10 heavy (non-hydrogen) atoms. The van der Waals surface area contributed by atoms with Crippen molar-refractivity contribution in [2.45, 2.75) is 6.42 Å². The Labute approximate surface area is 58.1 Å². The molecule has 0 aliphatic carbocycles. The fourth-order valence-electron chi connectivity index (χ4n) is 0.522. The first kappa shape index (κ1) is 6.69. The van der Waals surface area contributed by atoms with Crippen LogP contribution in [0.25, 0.3) is 0 Å². The van der Waals surface area contributed by atoms with E-state index in [1.807, 2.05) is 0 Å². The van der Waals surface area contributed by atoms with Gasteiger partial charge in [0.05, 0.1) is 18.8 Å². The molecule has 0 N–H and O–H groups in total. The molecule has 0 saturated carbocycles. The number of hydrogen-bond donors (Lipinski definition) is 0. The first-order valence-corrected chi connectivity index (χ1v) is 2.73. The van der Waals surface area contributed by atoms with E-state index in [-0.39, 0.29) is 0 Å². The van der Waals surface area contributed by atoms with Crippen LogP contribution in [0.4, 0.5) is 4.39 Å². The van der Waals surface area contributed by atoms with E-state index in [2.05, 4.69) is 15.9 Å². The van der Waals surface area contributed by atoms with E-state index in [1.54, 1.807) is 0 Å². The van der Waals surface area contributed by atoms with Crippen LogP contribution in [0.3, 0.4) is 0 Å². The summed E-state index contributed by atoms with van der Waals surface area (Å²) in [6.07, 6.45) is 7.52. The molecule has 0 aliphatic heterocycles. The summed E-state index contributed by atoms with van der Waals surface area (Å²) in [4.78, 5) is 7.28. The zero-order valence-electron chi connectivity index (χ0n) is 5.21. The number of rotatable bonds is 1. The Morgan fingerprint density at radius 1 is 1.50 bits per heavy atom. The van der Waals surface area contributed by atoms with Gasteiger partial charge in [-0.05, 0) is 0 Å². The van der Waals surface area contributed by atoms with Crippen LogP contribution < -0.4 is 0 Å². The molecule has 2 nitrogen and oxygen atoms in total. The fraction of sp³-hybridized carbons (Fsp3) is 0.143. The molecule has 0 fully saturated rings. The number of halogens is 1. The Morgan fingerprint density at radius 2 is 2.10 bits per heavy atom. The summed E-state index contributed by atoms with van der Waals surface area (Å²) >= 11 is 0. The van der Waals surface area contributed by atoms with Crippen molar-refractivity contribution in [2.24, 2.45) is 0 Å². The van der Waals surface area contributed by atoms with Crippen molar-refractivity contribution < 1.29 is 4.39 Å². The SMILES string of the molecule is C#CCc1ncc(F)cn1. The minimum atomic E-state index is -0.444. The van der Waals surface area contributed by atoms with Gasteiger partial charge in [0, 0.05) is 0 Å². The Hall–Kier alpha value is -1.43. The summed E-state index contributed by atoms with van der Waals surface area (Å²) in [6, 6.07) is 0. The van der Waals surface area contributed by atoms with E-state index < -0.39 is 5.82 Å². The van der Waals surface area contributed by atoms with Crippen molar-refractivity contribution in [1.82, 2.24) is 9.97 Å². The van der Waals surface area contributed by atoms with Crippen LogP contribution in [0, 0.1) is 18.2 Å². The molecule has 1 aromatic rings. The van der Waals surface area contributed by atoms with Gasteiger partial charge < -0.3 is 0 Å². The summed E-state index contributed by atoms with van der Waals surface area (Å²) in [5, 5.41) is 0. The predicted molar refractivity (Wildman–Crippen MR) is 34.5 cm³/mol. The van der Waals surface area contributed by atoms with Crippen LogP contribution >= 0.6 is 0 Å². The molecule has 3 heteroatoms. The monoisotopic (exact) mass is 136 g/mol. The maximum absolute atomic E-state index is 12.2. The van der Waals surface area contributed by atoms with Crippen molar-refractivity contribution >= 4 is 0 Å². The molecule has 0 amide bonds. The lowest BCUT2D eigenvalue weighted by atomic mass is 10.4. The summed E-state index contributed by atoms with van der Waals surface area (Å²) in [6.45, 7) is 0. The van der Waals surface area contributed by atoms with Crippen LogP contribution in [-0.4, -0.2) is 9.97 Å². The van der Waals surface area contributed by atoms with Gasteiger partial charge in [-0.1, -0.05) is 5.92 Å². The van der Waals surface area contributed by atoms with Crippen LogP contribution in [0.1, 0.15) is 5.82 Å². The smallest absolute Gasteiger partial charge is 0.159 e. The van der Waals surface area contributed by atoms with E-state index >= 15 is 0 Å². The highest BCUT2D eigenvalue weighted by Gasteiger charge is 1.92. The molecule has 0 aromatic carbocycles. The standard InChI is InChI=1S/C7H5FN2/c1-2-3-7-9-4-6(8)5-10-7/h1,4-5H,3H2. The second-order valence-electron chi connectivity index (χ2n) is 1.70. The molecular formula is C7H5FN2. The lowest BCUT2D eigenvalue weighted by molar-refractivity contribution is 0.610. The molecule has 0 bridgehead atoms. The van der Waals surface area contributed by atoms with Crippen LogP contribution in [0.2, 0.25) is 0 Å². The quantitative estimate of drug-likeness (QED) is 0.533. The predicted octanol–water partition coefficient (Wildman–Crippen LogP) is 0.791.